The molecule has 0 aliphatic carbocycles. The van der Waals surface area contributed by atoms with Gasteiger partial charge in [-0.2, -0.15) is 0 Å². The highest BCUT2D eigenvalue weighted by Crippen LogP contribution is 2.20. The van der Waals surface area contributed by atoms with E-state index in [4.69, 9.17) is 0 Å². The van der Waals surface area contributed by atoms with Crippen molar-refractivity contribution >= 4 is 11.7 Å². The first kappa shape index (κ1) is 17.1. The third-order valence-corrected chi connectivity index (χ3v) is 4.20. The number of aliphatic imine (C=N–C) groups is 1. The number of hydrogen-bond acceptors (Lipinski definition) is 4. The standard InChI is InChI=1S/C19H21FN4O/c1-12(13-4-6-15(20)7-5-13)23-18(25)9-16-8-14-10-22-19(24(2)3)17(14)11-21-16/h4-8,11-12H,9-10H2,1-3H3,(H,23,25)/t12-/m1/s1. The zero-order valence-electron chi connectivity index (χ0n) is 14.6. The number of aromatic nitrogens is 1. The van der Waals surface area contributed by atoms with Crippen molar-refractivity contribution in [3.8, 4) is 0 Å². The van der Waals surface area contributed by atoms with Crippen molar-refractivity contribution in [3.63, 3.8) is 0 Å². The summed E-state index contributed by atoms with van der Waals surface area (Å²) >= 11 is 0. The molecule has 0 fully saturated rings. The number of benzene rings is 1. The molecule has 1 aromatic carbocycles. The van der Waals surface area contributed by atoms with E-state index in [-0.39, 0.29) is 24.2 Å². The van der Waals surface area contributed by atoms with E-state index in [1.54, 1.807) is 18.3 Å². The summed E-state index contributed by atoms with van der Waals surface area (Å²) in [6.07, 6.45) is 1.99. The van der Waals surface area contributed by atoms with Crippen LogP contribution in [0.3, 0.4) is 0 Å². The molecule has 3 rings (SSSR count). The third-order valence-electron chi connectivity index (χ3n) is 4.20. The molecule has 0 radical (unpaired) electrons. The molecule has 25 heavy (non-hydrogen) atoms. The van der Waals surface area contributed by atoms with Crippen LogP contribution < -0.4 is 5.32 Å². The molecule has 1 aliphatic heterocycles. The van der Waals surface area contributed by atoms with Gasteiger partial charge in [0.1, 0.15) is 11.7 Å². The number of carbonyl (C=O) groups excluding carboxylic acids is 1. The molecule has 0 unspecified atom stereocenters. The average molecular weight is 340 g/mol. The van der Waals surface area contributed by atoms with Crippen molar-refractivity contribution < 1.29 is 9.18 Å². The highest BCUT2D eigenvalue weighted by molar-refractivity contribution is 6.01. The minimum atomic E-state index is -0.288. The SMILES string of the molecule is C[C@@H](NC(=O)Cc1cc2c(cn1)C(N(C)C)=NC2)c1ccc(F)cc1. The Morgan fingerprint density at radius 1 is 1.32 bits per heavy atom. The summed E-state index contributed by atoms with van der Waals surface area (Å²) in [6.45, 7) is 2.49. The van der Waals surface area contributed by atoms with E-state index in [1.165, 1.54) is 12.1 Å². The van der Waals surface area contributed by atoms with E-state index >= 15 is 0 Å². The molecule has 0 spiro atoms. The van der Waals surface area contributed by atoms with Gasteiger partial charge in [-0.3, -0.25) is 14.8 Å². The second-order valence-electron chi connectivity index (χ2n) is 6.38. The van der Waals surface area contributed by atoms with E-state index in [2.05, 4.69) is 15.3 Å². The maximum absolute atomic E-state index is 13.0. The van der Waals surface area contributed by atoms with E-state index < -0.39 is 0 Å². The lowest BCUT2D eigenvalue weighted by molar-refractivity contribution is -0.121. The summed E-state index contributed by atoms with van der Waals surface area (Å²) in [7, 11) is 3.90. The average Bonchev–Trinajstić information content (AvgIpc) is 2.98. The predicted molar refractivity (Wildman–Crippen MR) is 94.8 cm³/mol. The number of fused-ring (bicyclic) bond motifs is 1. The second kappa shape index (κ2) is 7.01. The van der Waals surface area contributed by atoms with Crippen molar-refractivity contribution in [2.45, 2.75) is 25.9 Å². The zero-order chi connectivity index (χ0) is 18.0. The van der Waals surface area contributed by atoms with Crippen LogP contribution in [-0.4, -0.2) is 35.7 Å². The van der Waals surface area contributed by atoms with Crippen LogP contribution >= 0.6 is 0 Å². The lowest BCUT2D eigenvalue weighted by atomic mass is 10.1. The van der Waals surface area contributed by atoms with Gasteiger partial charge in [-0.05, 0) is 36.2 Å². The molecule has 0 saturated carbocycles. The first-order valence-corrected chi connectivity index (χ1v) is 8.19. The van der Waals surface area contributed by atoms with Crippen LogP contribution in [0, 0.1) is 5.82 Å². The minimum Gasteiger partial charge on any atom is -0.362 e. The monoisotopic (exact) mass is 340 g/mol. The Labute approximate surface area is 146 Å². The molecule has 2 aromatic rings. The number of amidine groups is 1. The second-order valence-corrected chi connectivity index (χ2v) is 6.38. The Kier molecular flexibility index (Phi) is 4.79. The Balaban J connectivity index is 1.63. The largest absolute Gasteiger partial charge is 0.362 e. The van der Waals surface area contributed by atoms with Crippen molar-refractivity contribution in [2.75, 3.05) is 14.1 Å². The molecular weight excluding hydrogens is 319 g/mol. The molecule has 5 nitrogen and oxygen atoms in total. The maximum atomic E-state index is 13.0. The van der Waals surface area contributed by atoms with E-state index in [9.17, 15) is 9.18 Å². The molecule has 1 amide bonds. The molecule has 0 bridgehead atoms. The number of amides is 1. The maximum Gasteiger partial charge on any atom is 0.226 e. The van der Waals surface area contributed by atoms with Crippen molar-refractivity contribution in [3.05, 3.63) is 64.7 Å². The smallest absolute Gasteiger partial charge is 0.226 e. The first-order chi connectivity index (χ1) is 11.9. The quantitative estimate of drug-likeness (QED) is 0.930. The Bertz CT molecular complexity index is 815. The van der Waals surface area contributed by atoms with Gasteiger partial charge in [0.15, 0.2) is 0 Å². The van der Waals surface area contributed by atoms with Crippen LogP contribution in [0.1, 0.15) is 35.3 Å². The Morgan fingerprint density at radius 3 is 2.72 bits per heavy atom. The number of rotatable bonds is 4. The first-order valence-electron chi connectivity index (χ1n) is 8.19. The molecule has 130 valence electrons. The van der Waals surface area contributed by atoms with Gasteiger partial charge in [0.05, 0.1) is 24.7 Å². The fraction of sp³-hybridized carbons (Fsp3) is 0.316. The van der Waals surface area contributed by atoms with E-state index in [0.717, 1.165) is 28.2 Å². The number of pyridine rings is 1. The predicted octanol–water partition coefficient (Wildman–Crippen LogP) is 2.46. The molecule has 2 heterocycles. The summed E-state index contributed by atoms with van der Waals surface area (Å²) in [5, 5.41) is 2.92. The van der Waals surface area contributed by atoms with Crippen molar-refractivity contribution in [1.82, 2.24) is 15.2 Å². The van der Waals surface area contributed by atoms with Gasteiger partial charge in [-0.25, -0.2) is 4.39 Å². The molecule has 6 heteroatoms. The number of hydrogen-bond donors (Lipinski definition) is 1. The molecule has 1 aromatic heterocycles. The topological polar surface area (TPSA) is 57.6 Å². The lowest BCUT2D eigenvalue weighted by Crippen LogP contribution is -2.28. The van der Waals surface area contributed by atoms with Crippen LogP contribution in [0.25, 0.3) is 0 Å². The van der Waals surface area contributed by atoms with E-state index in [1.807, 2.05) is 32.0 Å². The summed E-state index contributed by atoms with van der Waals surface area (Å²) in [6, 6.07) is 7.89. The van der Waals surface area contributed by atoms with Crippen LogP contribution in [0.15, 0.2) is 41.5 Å². The summed E-state index contributed by atoms with van der Waals surface area (Å²) in [4.78, 5) is 23.1. The molecule has 0 saturated heterocycles. The van der Waals surface area contributed by atoms with Gasteiger partial charge in [0.25, 0.3) is 0 Å². The van der Waals surface area contributed by atoms with Gasteiger partial charge in [-0.1, -0.05) is 12.1 Å². The zero-order valence-corrected chi connectivity index (χ0v) is 14.6. The van der Waals surface area contributed by atoms with Crippen molar-refractivity contribution in [1.29, 1.82) is 0 Å². The number of halogens is 1. The van der Waals surface area contributed by atoms with Crippen LogP contribution in [0.4, 0.5) is 4.39 Å². The van der Waals surface area contributed by atoms with Crippen LogP contribution in [0.2, 0.25) is 0 Å². The van der Waals surface area contributed by atoms with Gasteiger partial charge < -0.3 is 10.2 Å². The van der Waals surface area contributed by atoms with Crippen LogP contribution in [0.5, 0.6) is 0 Å². The fourth-order valence-corrected chi connectivity index (χ4v) is 2.89. The molecule has 1 aliphatic rings. The molecular formula is C19H21FN4O. The highest BCUT2D eigenvalue weighted by Gasteiger charge is 2.19. The third kappa shape index (κ3) is 3.84. The number of nitrogens with zero attached hydrogens (tertiary/aromatic N) is 3. The summed E-state index contributed by atoms with van der Waals surface area (Å²) in [5.74, 6) is 0.517. The fourth-order valence-electron chi connectivity index (χ4n) is 2.89. The van der Waals surface area contributed by atoms with Crippen LogP contribution in [-0.2, 0) is 17.8 Å². The lowest BCUT2D eigenvalue weighted by Gasteiger charge is -2.15. The van der Waals surface area contributed by atoms with Gasteiger partial charge in [0, 0.05) is 25.9 Å². The number of nitrogens with one attached hydrogen (secondary N) is 1. The van der Waals surface area contributed by atoms with Gasteiger partial charge in [0.2, 0.25) is 5.91 Å². The minimum absolute atomic E-state index is 0.115. The molecule has 1 N–H and O–H groups in total. The van der Waals surface area contributed by atoms with Crippen molar-refractivity contribution in [2.24, 2.45) is 4.99 Å². The molecule has 1 atom stereocenters. The summed E-state index contributed by atoms with van der Waals surface area (Å²) < 4.78 is 13.0. The highest BCUT2D eigenvalue weighted by atomic mass is 19.1. The van der Waals surface area contributed by atoms with Gasteiger partial charge in [-0.15, -0.1) is 0 Å². The normalized spacial score (nSPS) is 13.8. The summed E-state index contributed by atoms with van der Waals surface area (Å²) in [5.41, 5.74) is 3.69. The Hall–Kier alpha value is -2.76. The van der Waals surface area contributed by atoms with Gasteiger partial charge >= 0.3 is 0 Å². The number of carbonyl (C=O) groups is 1. The Morgan fingerprint density at radius 2 is 2.04 bits per heavy atom. The van der Waals surface area contributed by atoms with E-state index in [0.29, 0.717) is 6.54 Å².